The second-order valence-electron chi connectivity index (χ2n) is 8.34. The van der Waals surface area contributed by atoms with Crippen LogP contribution in [0, 0.1) is 0 Å². The van der Waals surface area contributed by atoms with Gasteiger partial charge < -0.3 is 42.6 Å². The van der Waals surface area contributed by atoms with Crippen molar-refractivity contribution in [1.82, 2.24) is 0 Å². The van der Waals surface area contributed by atoms with Crippen LogP contribution in [0.5, 0.6) is 51.7 Å². The summed E-state index contributed by atoms with van der Waals surface area (Å²) in [5.74, 6) is 3.05. The number of ether oxygens (including phenoxy) is 9. The van der Waals surface area contributed by atoms with Gasteiger partial charge in [-0.2, -0.15) is 0 Å². The highest BCUT2D eigenvalue weighted by molar-refractivity contribution is 7.40. The zero-order chi connectivity index (χ0) is 29.6. The molecule has 3 aromatic carbocycles. The largest absolute Gasteiger partial charge is 0.496 e. The second-order valence-corrected chi connectivity index (χ2v) is 8.86. The maximum absolute atomic E-state index is 14.5. The van der Waals surface area contributed by atoms with Crippen molar-refractivity contribution in [2.75, 3.05) is 64.0 Å². The van der Waals surface area contributed by atoms with Gasteiger partial charge in [0.2, 0.25) is 0 Å². The van der Waals surface area contributed by atoms with Gasteiger partial charge in [-0.1, -0.05) is 9.24 Å². The summed E-state index contributed by atoms with van der Waals surface area (Å²) >= 11 is 0. The van der Waals surface area contributed by atoms with Gasteiger partial charge in [-0.15, -0.1) is 0 Å². The maximum atomic E-state index is 14.5. The maximum Gasteiger partial charge on any atom is 0.168 e. The smallest absolute Gasteiger partial charge is 0.168 e. The standard InChI is InChI=1S/C29H35O10P/c1-31-16-10-19(34-4)25(20(11-16)35-5)29(28(30)40,26-21(36-6)12-17(32-2)13-22(26)37-7)27-23(38-8)14-18(33-3)15-24(27)39-9/h10-15H,40H2,1-9H3. The molecule has 3 aromatic rings. The molecule has 0 aromatic heterocycles. The molecule has 0 amide bonds. The van der Waals surface area contributed by atoms with E-state index in [4.69, 9.17) is 42.6 Å². The van der Waals surface area contributed by atoms with E-state index >= 15 is 0 Å². The molecule has 0 saturated heterocycles. The Kier molecular flexibility index (Phi) is 9.82. The monoisotopic (exact) mass is 574 g/mol. The molecule has 10 nitrogen and oxygen atoms in total. The fourth-order valence-electron chi connectivity index (χ4n) is 4.87. The molecule has 0 fully saturated rings. The lowest BCUT2D eigenvalue weighted by atomic mass is 9.67. The number of hydrogen-bond acceptors (Lipinski definition) is 10. The van der Waals surface area contributed by atoms with E-state index < -0.39 is 10.9 Å². The minimum absolute atomic E-state index is 0.284. The van der Waals surface area contributed by atoms with E-state index in [-0.39, 0.29) is 34.5 Å². The van der Waals surface area contributed by atoms with Crippen molar-refractivity contribution in [2.24, 2.45) is 0 Å². The summed E-state index contributed by atoms with van der Waals surface area (Å²) in [7, 11) is 15.8. The normalized spacial score (nSPS) is 10.8. The quantitative estimate of drug-likeness (QED) is 0.214. The number of rotatable bonds is 13. The van der Waals surface area contributed by atoms with E-state index in [1.807, 2.05) is 0 Å². The summed E-state index contributed by atoms with van der Waals surface area (Å²) in [5.41, 5.74) is -1.26. The summed E-state index contributed by atoms with van der Waals surface area (Å²) in [6.45, 7) is 0. The first kappa shape index (κ1) is 30.5. The minimum Gasteiger partial charge on any atom is -0.496 e. The fourth-order valence-corrected chi connectivity index (χ4v) is 5.30. The molecule has 0 heterocycles. The number of methoxy groups -OCH3 is 9. The van der Waals surface area contributed by atoms with Crippen molar-refractivity contribution in [3.05, 3.63) is 53.1 Å². The predicted octanol–water partition coefficient (Wildman–Crippen LogP) is 4.50. The van der Waals surface area contributed by atoms with Gasteiger partial charge in [-0.05, 0) is 0 Å². The zero-order valence-corrected chi connectivity index (χ0v) is 25.3. The van der Waals surface area contributed by atoms with Crippen LogP contribution in [0.25, 0.3) is 0 Å². The molecule has 1 unspecified atom stereocenters. The molecule has 0 aliphatic carbocycles. The van der Waals surface area contributed by atoms with Crippen molar-refractivity contribution in [3.63, 3.8) is 0 Å². The van der Waals surface area contributed by atoms with Crippen molar-refractivity contribution in [3.8, 4) is 51.7 Å². The molecule has 11 heteroatoms. The number of hydrogen-bond donors (Lipinski definition) is 0. The topological polar surface area (TPSA) is 100 Å². The Morgan fingerprint density at radius 2 is 0.650 bits per heavy atom. The van der Waals surface area contributed by atoms with Crippen LogP contribution >= 0.6 is 9.24 Å². The molecule has 216 valence electrons. The van der Waals surface area contributed by atoms with Gasteiger partial charge >= 0.3 is 0 Å². The third kappa shape index (κ3) is 4.99. The highest BCUT2D eigenvalue weighted by Crippen LogP contribution is 2.60. The summed E-state index contributed by atoms with van der Waals surface area (Å²) in [6.07, 6.45) is 0. The molecule has 3 rings (SSSR count). The first-order valence-corrected chi connectivity index (χ1v) is 12.5. The fraction of sp³-hybridized carbons (Fsp3) is 0.345. The van der Waals surface area contributed by atoms with Crippen LogP contribution in [0.2, 0.25) is 0 Å². The molecular formula is C29H35O10P. The Morgan fingerprint density at radius 1 is 0.450 bits per heavy atom. The first-order valence-electron chi connectivity index (χ1n) is 12.0. The molecule has 0 radical (unpaired) electrons. The average Bonchev–Trinajstić information content (AvgIpc) is 3.00. The van der Waals surface area contributed by atoms with Crippen LogP contribution in [0.15, 0.2) is 36.4 Å². The van der Waals surface area contributed by atoms with E-state index in [1.165, 1.54) is 64.0 Å². The Bertz CT molecular complexity index is 1140. The van der Waals surface area contributed by atoms with Gasteiger partial charge in [-0.25, -0.2) is 0 Å². The van der Waals surface area contributed by atoms with Crippen molar-refractivity contribution < 1.29 is 47.4 Å². The molecule has 40 heavy (non-hydrogen) atoms. The highest BCUT2D eigenvalue weighted by atomic mass is 31.0. The van der Waals surface area contributed by atoms with Crippen molar-refractivity contribution in [1.29, 1.82) is 0 Å². The van der Waals surface area contributed by atoms with Crippen LogP contribution in [0.3, 0.4) is 0 Å². The highest BCUT2D eigenvalue weighted by Gasteiger charge is 2.53. The molecule has 0 aliphatic heterocycles. The SMILES string of the molecule is COc1cc(OC)c(C(C(=O)P)(c2c(OC)cc(OC)cc2OC)c2c(OC)cc(OC)cc2OC)c(OC)c1. The van der Waals surface area contributed by atoms with E-state index in [1.54, 1.807) is 36.4 Å². The van der Waals surface area contributed by atoms with E-state index in [0.717, 1.165) is 0 Å². The molecule has 1 atom stereocenters. The van der Waals surface area contributed by atoms with Crippen molar-refractivity contribution >= 4 is 14.8 Å². The van der Waals surface area contributed by atoms with Gasteiger partial charge in [0.15, 0.2) is 5.52 Å². The summed E-state index contributed by atoms with van der Waals surface area (Å²) in [6, 6.07) is 9.95. The van der Waals surface area contributed by atoms with Gasteiger partial charge in [0.25, 0.3) is 0 Å². The number of benzene rings is 3. The van der Waals surface area contributed by atoms with Crippen LogP contribution in [0.1, 0.15) is 16.7 Å². The van der Waals surface area contributed by atoms with Crippen LogP contribution in [-0.4, -0.2) is 69.5 Å². The first-order chi connectivity index (χ1) is 19.2. The van der Waals surface area contributed by atoms with Crippen molar-refractivity contribution in [2.45, 2.75) is 5.41 Å². The Labute approximate surface area is 236 Å². The molecule has 0 saturated carbocycles. The lowest BCUT2D eigenvalue weighted by Crippen LogP contribution is -2.38. The molecule has 0 N–H and O–H groups in total. The lowest BCUT2D eigenvalue weighted by molar-refractivity contribution is -0.114. The minimum atomic E-state index is -1.79. The third-order valence-electron chi connectivity index (χ3n) is 6.64. The average molecular weight is 575 g/mol. The van der Waals surface area contributed by atoms with Gasteiger partial charge in [0.1, 0.15) is 57.2 Å². The molecule has 0 aliphatic rings. The molecule has 0 bridgehead atoms. The Balaban J connectivity index is 2.82. The summed E-state index contributed by atoms with van der Waals surface area (Å²) in [5, 5.41) is 0. The van der Waals surface area contributed by atoms with Gasteiger partial charge in [0, 0.05) is 36.4 Å². The van der Waals surface area contributed by atoms with Crippen LogP contribution in [0.4, 0.5) is 0 Å². The Morgan fingerprint density at radius 3 is 0.775 bits per heavy atom. The molecule has 0 spiro atoms. The second kappa shape index (κ2) is 12.9. The Hall–Kier alpha value is -4.04. The van der Waals surface area contributed by atoms with E-state index in [0.29, 0.717) is 33.9 Å². The van der Waals surface area contributed by atoms with Crippen LogP contribution in [-0.2, 0) is 10.2 Å². The number of carbonyl (C=O) groups excluding carboxylic acids is 1. The third-order valence-corrected chi connectivity index (χ3v) is 7.07. The van der Waals surface area contributed by atoms with E-state index in [2.05, 4.69) is 9.24 Å². The van der Waals surface area contributed by atoms with Gasteiger partial charge in [-0.3, -0.25) is 4.79 Å². The number of carbonyl (C=O) groups is 1. The lowest BCUT2D eigenvalue weighted by Gasteiger charge is -2.38. The predicted molar refractivity (Wildman–Crippen MR) is 153 cm³/mol. The zero-order valence-electron chi connectivity index (χ0n) is 24.1. The van der Waals surface area contributed by atoms with Gasteiger partial charge in [0.05, 0.1) is 80.7 Å². The molecular weight excluding hydrogens is 539 g/mol. The van der Waals surface area contributed by atoms with Crippen LogP contribution < -0.4 is 42.6 Å². The van der Waals surface area contributed by atoms with E-state index in [9.17, 15) is 4.79 Å². The summed E-state index contributed by atoms with van der Waals surface area (Å²) < 4.78 is 51.8. The summed E-state index contributed by atoms with van der Waals surface area (Å²) in [4.78, 5) is 14.5.